The number of aromatic nitrogens is 1. The third-order valence-electron chi connectivity index (χ3n) is 2.05. The van der Waals surface area contributed by atoms with Gasteiger partial charge in [0.2, 0.25) is 0 Å². The molecule has 5 heteroatoms. The van der Waals surface area contributed by atoms with Crippen LogP contribution in [0, 0.1) is 0 Å². The zero-order chi connectivity index (χ0) is 12.3. The lowest BCUT2D eigenvalue weighted by molar-refractivity contribution is 0.149. The summed E-state index contributed by atoms with van der Waals surface area (Å²) in [5, 5.41) is 3.23. The minimum absolute atomic E-state index is 0.544. The van der Waals surface area contributed by atoms with Crippen LogP contribution in [0.15, 0.2) is 18.3 Å². The van der Waals surface area contributed by atoms with E-state index in [-0.39, 0.29) is 0 Å². The summed E-state index contributed by atoms with van der Waals surface area (Å²) in [7, 11) is 0. The third-order valence-corrected chi connectivity index (χ3v) is 2.20. The molecule has 0 bridgehead atoms. The molecular formula is C12H19ClN2O2. The van der Waals surface area contributed by atoms with Crippen molar-refractivity contribution in [1.82, 2.24) is 4.98 Å². The lowest BCUT2D eigenvalue weighted by Crippen LogP contribution is -2.09. The summed E-state index contributed by atoms with van der Waals surface area (Å²) in [6, 6.07) is 3.77. The van der Waals surface area contributed by atoms with Crippen LogP contribution in [0.2, 0.25) is 0 Å². The fourth-order valence-corrected chi connectivity index (χ4v) is 1.44. The highest BCUT2D eigenvalue weighted by atomic mass is 35.5. The zero-order valence-corrected chi connectivity index (χ0v) is 10.9. The Morgan fingerprint density at radius 3 is 3.06 bits per heavy atom. The molecule has 0 aliphatic rings. The molecule has 0 aliphatic heterocycles. The van der Waals surface area contributed by atoms with E-state index >= 15 is 0 Å². The van der Waals surface area contributed by atoms with Gasteiger partial charge in [0.05, 0.1) is 13.2 Å². The summed E-state index contributed by atoms with van der Waals surface area (Å²) in [5.41, 5.74) is 0. The van der Waals surface area contributed by atoms with Crippen molar-refractivity contribution in [3.05, 3.63) is 18.3 Å². The number of hydrogen-bond donors (Lipinski definition) is 1. The van der Waals surface area contributed by atoms with Crippen LogP contribution in [0.5, 0.6) is 5.75 Å². The topological polar surface area (TPSA) is 43.4 Å². The summed E-state index contributed by atoms with van der Waals surface area (Å²) in [6.45, 7) is 4.71. The second-order valence-corrected chi connectivity index (χ2v) is 3.74. The lowest BCUT2D eigenvalue weighted by atomic mass is 10.4. The molecule has 0 unspecified atom stereocenters. The Bertz CT molecular complexity index is 310. The standard InChI is InChI=1S/C12H19ClN2O2/c1-2-17-11-5-3-7-14-12(11)15-8-4-9-16-10-6-13/h3,5,7H,2,4,6,8-10H2,1H3,(H,14,15). The number of ether oxygens (including phenoxy) is 2. The van der Waals surface area contributed by atoms with E-state index in [2.05, 4.69) is 10.3 Å². The van der Waals surface area contributed by atoms with Gasteiger partial charge in [0.15, 0.2) is 11.6 Å². The van der Waals surface area contributed by atoms with Gasteiger partial charge in [0.25, 0.3) is 0 Å². The van der Waals surface area contributed by atoms with Gasteiger partial charge in [-0.1, -0.05) is 0 Å². The average molecular weight is 259 g/mol. The van der Waals surface area contributed by atoms with Gasteiger partial charge < -0.3 is 14.8 Å². The molecular weight excluding hydrogens is 240 g/mol. The van der Waals surface area contributed by atoms with Crippen LogP contribution in [0.1, 0.15) is 13.3 Å². The molecule has 0 fully saturated rings. The Balaban J connectivity index is 2.25. The SMILES string of the molecule is CCOc1cccnc1NCCCOCCCl. The van der Waals surface area contributed by atoms with E-state index in [4.69, 9.17) is 21.1 Å². The van der Waals surface area contributed by atoms with Gasteiger partial charge in [-0.2, -0.15) is 0 Å². The van der Waals surface area contributed by atoms with Crippen LogP contribution in [0.4, 0.5) is 5.82 Å². The van der Waals surface area contributed by atoms with Crippen molar-refractivity contribution in [1.29, 1.82) is 0 Å². The second kappa shape index (κ2) is 9.07. The minimum Gasteiger partial charge on any atom is -0.490 e. The largest absolute Gasteiger partial charge is 0.490 e. The summed E-state index contributed by atoms with van der Waals surface area (Å²) < 4.78 is 10.7. The molecule has 0 aliphatic carbocycles. The molecule has 0 aromatic carbocycles. The van der Waals surface area contributed by atoms with Gasteiger partial charge in [0.1, 0.15) is 0 Å². The molecule has 1 heterocycles. The molecule has 0 radical (unpaired) electrons. The number of pyridine rings is 1. The Morgan fingerprint density at radius 1 is 1.41 bits per heavy atom. The van der Waals surface area contributed by atoms with Crippen molar-refractivity contribution in [3.63, 3.8) is 0 Å². The second-order valence-electron chi connectivity index (χ2n) is 3.36. The van der Waals surface area contributed by atoms with E-state index < -0.39 is 0 Å². The van der Waals surface area contributed by atoms with E-state index in [0.717, 1.165) is 24.5 Å². The summed E-state index contributed by atoms with van der Waals surface area (Å²) in [6.07, 6.45) is 2.66. The predicted octanol–water partition coefficient (Wildman–Crippen LogP) is 2.54. The number of hydrogen-bond acceptors (Lipinski definition) is 4. The summed E-state index contributed by atoms with van der Waals surface area (Å²) in [4.78, 5) is 4.23. The first-order valence-electron chi connectivity index (χ1n) is 5.84. The van der Waals surface area contributed by atoms with E-state index in [0.29, 0.717) is 25.7 Å². The molecule has 0 spiro atoms. The highest BCUT2D eigenvalue weighted by Gasteiger charge is 2.02. The molecule has 1 aromatic heterocycles. The fourth-order valence-electron chi connectivity index (χ4n) is 1.33. The number of halogens is 1. The summed E-state index contributed by atoms with van der Waals surface area (Å²) in [5.74, 6) is 2.12. The van der Waals surface area contributed by atoms with Crippen molar-refractivity contribution in [2.75, 3.05) is 37.6 Å². The van der Waals surface area contributed by atoms with Gasteiger partial charge in [-0.05, 0) is 25.5 Å². The molecule has 0 amide bonds. The Morgan fingerprint density at radius 2 is 2.29 bits per heavy atom. The van der Waals surface area contributed by atoms with Crippen molar-refractivity contribution in [2.45, 2.75) is 13.3 Å². The van der Waals surface area contributed by atoms with Gasteiger partial charge in [-0.25, -0.2) is 4.98 Å². The normalized spacial score (nSPS) is 10.2. The molecule has 4 nitrogen and oxygen atoms in total. The van der Waals surface area contributed by atoms with Gasteiger partial charge in [0, 0.05) is 25.2 Å². The molecule has 1 N–H and O–H groups in total. The maximum Gasteiger partial charge on any atom is 0.168 e. The first kappa shape index (κ1) is 14.1. The van der Waals surface area contributed by atoms with Crippen molar-refractivity contribution >= 4 is 17.4 Å². The van der Waals surface area contributed by atoms with E-state index in [1.807, 2.05) is 19.1 Å². The Kier molecular flexibility index (Phi) is 7.51. The molecule has 0 saturated heterocycles. The van der Waals surface area contributed by atoms with Gasteiger partial charge in [-0.3, -0.25) is 0 Å². The van der Waals surface area contributed by atoms with Crippen molar-refractivity contribution in [3.8, 4) is 5.75 Å². The van der Waals surface area contributed by atoms with E-state index in [1.54, 1.807) is 6.20 Å². The number of alkyl halides is 1. The fraction of sp³-hybridized carbons (Fsp3) is 0.583. The highest BCUT2D eigenvalue weighted by Crippen LogP contribution is 2.20. The van der Waals surface area contributed by atoms with Crippen LogP contribution < -0.4 is 10.1 Å². The molecule has 96 valence electrons. The molecule has 17 heavy (non-hydrogen) atoms. The molecule has 0 atom stereocenters. The van der Waals surface area contributed by atoms with E-state index in [9.17, 15) is 0 Å². The average Bonchev–Trinajstić information content (AvgIpc) is 2.36. The number of nitrogens with zero attached hydrogens (tertiary/aromatic N) is 1. The minimum atomic E-state index is 0.544. The maximum atomic E-state index is 5.50. The predicted molar refractivity (Wildman–Crippen MR) is 70.1 cm³/mol. The number of rotatable bonds is 9. The molecule has 0 saturated carbocycles. The number of anilines is 1. The Hall–Kier alpha value is -1.00. The van der Waals surface area contributed by atoms with Gasteiger partial charge in [-0.15, -0.1) is 11.6 Å². The van der Waals surface area contributed by atoms with Crippen molar-refractivity contribution in [2.24, 2.45) is 0 Å². The molecule has 1 aromatic rings. The first-order chi connectivity index (χ1) is 8.38. The Labute approximate surface area is 107 Å². The summed E-state index contributed by atoms with van der Waals surface area (Å²) >= 11 is 5.50. The molecule has 1 rings (SSSR count). The first-order valence-corrected chi connectivity index (χ1v) is 6.37. The van der Waals surface area contributed by atoms with Crippen molar-refractivity contribution < 1.29 is 9.47 Å². The van der Waals surface area contributed by atoms with Crippen LogP contribution in [0.25, 0.3) is 0 Å². The smallest absolute Gasteiger partial charge is 0.168 e. The zero-order valence-electron chi connectivity index (χ0n) is 10.1. The lowest BCUT2D eigenvalue weighted by Gasteiger charge is -2.10. The van der Waals surface area contributed by atoms with E-state index in [1.165, 1.54) is 0 Å². The monoisotopic (exact) mass is 258 g/mol. The van der Waals surface area contributed by atoms with Crippen LogP contribution in [0.3, 0.4) is 0 Å². The maximum absolute atomic E-state index is 5.50. The van der Waals surface area contributed by atoms with Crippen LogP contribution in [-0.2, 0) is 4.74 Å². The quantitative estimate of drug-likeness (QED) is 0.546. The van der Waals surface area contributed by atoms with Crippen LogP contribution >= 0.6 is 11.6 Å². The van der Waals surface area contributed by atoms with Crippen LogP contribution in [-0.4, -0.2) is 37.2 Å². The highest BCUT2D eigenvalue weighted by molar-refractivity contribution is 6.17. The number of nitrogens with one attached hydrogen (secondary N) is 1. The van der Waals surface area contributed by atoms with Gasteiger partial charge >= 0.3 is 0 Å². The third kappa shape index (κ3) is 5.75.